The topological polar surface area (TPSA) is 171 Å². The number of aromatic amines is 1. The number of para-hydroxylation sites is 1. The maximum atomic E-state index is 13.5. The zero-order valence-electron chi connectivity index (χ0n) is 26.5. The number of ketones is 1. The molecule has 0 radical (unpaired) electrons. The van der Waals surface area contributed by atoms with E-state index in [9.17, 15) is 28.8 Å². The monoisotopic (exact) mass is 630 g/mol. The van der Waals surface area contributed by atoms with E-state index in [0.717, 1.165) is 36.1 Å². The first kappa shape index (κ1) is 32.6. The predicted molar refractivity (Wildman–Crippen MR) is 173 cm³/mol. The quantitative estimate of drug-likeness (QED) is 0.204. The minimum Gasteiger partial charge on any atom is -0.353 e. The van der Waals surface area contributed by atoms with Crippen LogP contribution in [0.25, 0.3) is 10.9 Å². The molecule has 0 saturated heterocycles. The van der Waals surface area contributed by atoms with Crippen LogP contribution in [0.3, 0.4) is 0 Å². The lowest BCUT2D eigenvalue weighted by Gasteiger charge is -2.44. The number of Topliss-reactive ketones (excluding diaryl/α,β-unsaturated/α-hetero) is 1. The summed E-state index contributed by atoms with van der Waals surface area (Å²) in [6, 6.07) is 9.16. The van der Waals surface area contributed by atoms with Gasteiger partial charge in [0.15, 0.2) is 0 Å². The Hall–Kier alpha value is -4.74. The zero-order valence-corrected chi connectivity index (χ0v) is 26.5. The SMILES string of the molecule is CNC(=O)C(=O)CC[C@H](NC(=O)c1[nH]c2ccccc2c1C)C(=O)Nc1cccn(CC(=O)NC2C(C)CC3CCCC2C3)c1=O. The van der Waals surface area contributed by atoms with Gasteiger partial charge in [0.25, 0.3) is 17.4 Å². The fraction of sp³-hybridized carbons (Fsp3) is 0.471. The van der Waals surface area contributed by atoms with Crippen molar-refractivity contribution in [2.24, 2.45) is 17.8 Å². The molecule has 5 rings (SSSR count). The molecule has 46 heavy (non-hydrogen) atoms. The number of aromatic nitrogens is 2. The van der Waals surface area contributed by atoms with Gasteiger partial charge in [-0.2, -0.15) is 0 Å². The summed E-state index contributed by atoms with van der Waals surface area (Å²) in [5.41, 5.74) is 1.01. The fourth-order valence-corrected chi connectivity index (χ4v) is 7.17. The summed E-state index contributed by atoms with van der Waals surface area (Å²) in [6.45, 7) is 3.75. The maximum Gasteiger partial charge on any atom is 0.287 e. The van der Waals surface area contributed by atoms with Crippen LogP contribution in [0.4, 0.5) is 5.69 Å². The Morgan fingerprint density at radius 1 is 1.04 bits per heavy atom. The van der Waals surface area contributed by atoms with Crippen LogP contribution in [0.15, 0.2) is 47.4 Å². The molecule has 4 unspecified atom stereocenters. The van der Waals surface area contributed by atoms with Gasteiger partial charge in [0.1, 0.15) is 24.0 Å². The van der Waals surface area contributed by atoms with Crippen molar-refractivity contribution in [2.45, 2.75) is 77.4 Å². The molecule has 5 N–H and O–H groups in total. The number of anilines is 1. The molecule has 0 spiro atoms. The first-order chi connectivity index (χ1) is 22.0. The molecule has 5 atom stereocenters. The van der Waals surface area contributed by atoms with Crippen molar-refractivity contribution in [3.63, 3.8) is 0 Å². The average molecular weight is 631 g/mol. The summed E-state index contributed by atoms with van der Waals surface area (Å²) >= 11 is 0. The number of rotatable bonds is 11. The molecule has 1 aromatic carbocycles. The second-order valence-corrected chi connectivity index (χ2v) is 12.7. The van der Waals surface area contributed by atoms with Crippen LogP contribution in [-0.4, -0.2) is 58.1 Å². The standard InChI is InChI=1S/C34H42N6O6/c1-19-16-21-8-6-9-22(17-21)29(19)39-28(42)18-40-15-7-12-26(34(40)46)38-31(43)25(13-14-27(41)32(44)35-3)37-33(45)30-20(2)23-10-4-5-11-24(23)36-30/h4-5,7,10-12,15,19,21-22,25,29,36H,6,8-9,13-14,16-18H2,1-3H3,(H,35,44)(H,37,45)(H,38,43)(H,39,42)/t19?,21?,22?,25-,29?/m0/s1. The number of likely N-dealkylation sites (N-methyl/N-ethyl adjacent to an activating group) is 1. The molecule has 3 aromatic rings. The van der Waals surface area contributed by atoms with Crippen molar-refractivity contribution in [2.75, 3.05) is 12.4 Å². The number of H-pyrrole nitrogens is 1. The van der Waals surface area contributed by atoms with Gasteiger partial charge < -0.3 is 30.8 Å². The Morgan fingerprint density at radius 3 is 2.59 bits per heavy atom. The van der Waals surface area contributed by atoms with E-state index < -0.39 is 35.1 Å². The van der Waals surface area contributed by atoms with Crippen LogP contribution in [-0.2, 0) is 25.7 Å². The van der Waals surface area contributed by atoms with E-state index >= 15 is 0 Å². The predicted octanol–water partition coefficient (Wildman–Crippen LogP) is 2.80. The van der Waals surface area contributed by atoms with Crippen molar-refractivity contribution in [3.05, 3.63) is 64.2 Å². The van der Waals surface area contributed by atoms with Gasteiger partial charge in [-0.3, -0.25) is 28.8 Å². The lowest BCUT2D eigenvalue weighted by atomic mass is 9.65. The van der Waals surface area contributed by atoms with Crippen molar-refractivity contribution in [1.29, 1.82) is 0 Å². The van der Waals surface area contributed by atoms with E-state index in [-0.39, 0.29) is 42.7 Å². The third-order valence-electron chi connectivity index (χ3n) is 9.52. The van der Waals surface area contributed by atoms with E-state index in [1.807, 2.05) is 24.3 Å². The van der Waals surface area contributed by atoms with Crippen molar-refractivity contribution >= 4 is 46.0 Å². The van der Waals surface area contributed by atoms with E-state index in [1.165, 1.54) is 36.7 Å². The molecule has 2 heterocycles. The van der Waals surface area contributed by atoms with Crippen LogP contribution in [0.1, 0.15) is 67.9 Å². The average Bonchev–Trinajstić information content (AvgIpc) is 3.38. The highest BCUT2D eigenvalue weighted by molar-refractivity contribution is 6.36. The molecule has 12 heteroatoms. The Bertz CT molecular complexity index is 1710. The summed E-state index contributed by atoms with van der Waals surface area (Å²) in [5, 5.41) is 11.5. The molecular formula is C34H42N6O6. The van der Waals surface area contributed by atoms with Crippen LogP contribution in [0.5, 0.6) is 0 Å². The number of amides is 4. The Morgan fingerprint density at radius 2 is 1.83 bits per heavy atom. The van der Waals surface area contributed by atoms with Gasteiger partial charge in [0, 0.05) is 36.6 Å². The van der Waals surface area contributed by atoms with Gasteiger partial charge in [-0.1, -0.05) is 38.0 Å². The van der Waals surface area contributed by atoms with Crippen LogP contribution in [0, 0.1) is 24.7 Å². The van der Waals surface area contributed by atoms with Gasteiger partial charge in [0.2, 0.25) is 17.6 Å². The Balaban J connectivity index is 1.29. The zero-order chi connectivity index (χ0) is 33.0. The summed E-state index contributed by atoms with van der Waals surface area (Å²) in [4.78, 5) is 80.4. The smallest absolute Gasteiger partial charge is 0.287 e. The lowest BCUT2D eigenvalue weighted by Crippen LogP contribution is -2.50. The van der Waals surface area contributed by atoms with Crippen molar-refractivity contribution < 1.29 is 24.0 Å². The molecule has 2 fully saturated rings. The number of nitrogens with one attached hydrogen (secondary N) is 5. The molecule has 2 saturated carbocycles. The Labute approximate surface area is 267 Å². The minimum absolute atomic E-state index is 0.0745. The number of benzene rings is 1. The lowest BCUT2D eigenvalue weighted by molar-refractivity contribution is -0.137. The highest BCUT2D eigenvalue weighted by Crippen LogP contribution is 2.42. The van der Waals surface area contributed by atoms with Crippen LogP contribution < -0.4 is 26.8 Å². The number of pyridine rings is 1. The van der Waals surface area contributed by atoms with Crippen LogP contribution >= 0.6 is 0 Å². The number of carbonyl (C=O) groups is 5. The first-order valence-electron chi connectivity index (χ1n) is 16.0. The summed E-state index contributed by atoms with van der Waals surface area (Å²) < 4.78 is 1.23. The molecular weight excluding hydrogens is 588 g/mol. The fourth-order valence-electron chi connectivity index (χ4n) is 7.17. The summed E-state index contributed by atoms with van der Waals surface area (Å²) in [7, 11) is 1.33. The second kappa shape index (κ2) is 14.1. The van der Waals surface area contributed by atoms with E-state index in [0.29, 0.717) is 17.4 Å². The van der Waals surface area contributed by atoms with Crippen molar-refractivity contribution in [3.8, 4) is 0 Å². The van der Waals surface area contributed by atoms with Gasteiger partial charge in [0.05, 0.1) is 0 Å². The molecule has 0 aliphatic heterocycles. The number of aryl methyl sites for hydroxylation is 1. The number of fused-ring (bicyclic) bond motifs is 3. The van der Waals surface area contributed by atoms with Gasteiger partial charge in [-0.25, -0.2) is 0 Å². The third kappa shape index (κ3) is 7.21. The van der Waals surface area contributed by atoms with E-state index in [2.05, 4.69) is 33.2 Å². The molecule has 2 bridgehead atoms. The molecule has 2 aliphatic rings. The first-order valence-corrected chi connectivity index (χ1v) is 16.0. The summed E-state index contributed by atoms with van der Waals surface area (Å²) in [5.74, 6) is -1.61. The largest absolute Gasteiger partial charge is 0.353 e. The summed E-state index contributed by atoms with van der Waals surface area (Å²) in [6.07, 6.45) is 6.74. The molecule has 244 valence electrons. The molecule has 4 amide bonds. The van der Waals surface area contributed by atoms with E-state index in [4.69, 9.17) is 0 Å². The minimum atomic E-state index is -1.25. The highest BCUT2D eigenvalue weighted by atomic mass is 16.2. The normalized spacial score (nSPS) is 21.2. The third-order valence-corrected chi connectivity index (χ3v) is 9.52. The molecule has 2 aliphatic carbocycles. The van der Waals surface area contributed by atoms with E-state index in [1.54, 1.807) is 13.0 Å². The molecule has 2 aromatic heterocycles. The number of hydrogen-bond acceptors (Lipinski definition) is 6. The second-order valence-electron chi connectivity index (χ2n) is 12.7. The number of hydrogen-bond donors (Lipinski definition) is 5. The number of carbonyl (C=O) groups excluding carboxylic acids is 5. The highest BCUT2D eigenvalue weighted by Gasteiger charge is 2.38. The van der Waals surface area contributed by atoms with Crippen LogP contribution in [0.2, 0.25) is 0 Å². The van der Waals surface area contributed by atoms with Crippen molar-refractivity contribution in [1.82, 2.24) is 25.5 Å². The van der Waals surface area contributed by atoms with Gasteiger partial charge in [-0.05, 0) is 74.1 Å². The van der Waals surface area contributed by atoms with Gasteiger partial charge >= 0.3 is 0 Å². The Kier molecular flexibility index (Phi) is 10.0. The molecule has 12 nitrogen and oxygen atoms in total. The van der Waals surface area contributed by atoms with Gasteiger partial charge in [-0.15, -0.1) is 0 Å². The maximum absolute atomic E-state index is 13.5. The number of nitrogens with zero attached hydrogens (tertiary/aromatic N) is 1.